The fraction of sp³-hybridized carbons (Fsp3) is 0.312. The Morgan fingerprint density at radius 2 is 2.06 bits per heavy atom. The van der Waals surface area contributed by atoms with E-state index in [0.717, 1.165) is 25.3 Å². The molecule has 0 radical (unpaired) electrons. The number of nitrogens with zero attached hydrogens (tertiary/aromatic N) is 4. The highest BCUT2D eigenvalue weighted by molar-refractivity contribution is 5.85. The zero-order chi connectivity index (χ0) is 22.8. The number of nitrogen functional groups attached to an aromatic ring is 1. The standard InChI is InChI=1S/C16H15F4N7O4/c1-15(16(19,20)5-29-13(22)27-15)10-7(18)2-3-8(24-10)25-14(28)31-12-11(21)26-9(4-23-12)30-6-17/h2-4H,5-6H2,1H3,(H2,21,26)(H2,22,27)(H,24,25,28)/t15-/m1/s1. The van der Waals surface area contributed by atoms with Gasteiger partial charge in [-0.3, -0.25) is 5.32 Å². The summed E-state index contributed by atoms with van der Waals surface area (Å²) in [5.74, 6) is -6.21. The van der Waals surface area contributed by atoms with E-state index in [0.29, 0.717) is 0 Å². The van der Waals surface area contributed by atoms with Gasteiger partial charge >= 0.3 is 12.0 Å². The van der Waals surface area contributed by atoms with Gasteiger partial charge in [-0.2, -0.15) is 13.8 Å². The van der Waals surface area contributed by atoms with Crippen molar-refractivity contribution in [1.82, 2.24) is 15.0 Å². The van der Waals surface area contributed by atoms with E-state index in [1.807, 2.05) is 0 Å². The molecule has 5 N–H and O–H groups in total. The molecular weight excluding hydrogens is 430 g/mol. The van der Waals surface area contributed by atoms with E-state index < -0.39 is 60.3 Å². The predicted octanol–water partition coefficient (Wildman–Crippen LogP) is 1.70. The van der Waals surface area contributed by atoms with Crippen LogP contribution in [0, 0.1) is 5.82 Å². The van der Waals surface area contributed by atoms with E-state index in [9.17, 15) is 22.4 Å². The summed E-state index contributed by atoms with van der Waals surface area (Å²) in [6.45, 7) is -1.39. The number of hydrogen-bond donors (Lipinski definition) is 3. The molecule has 0 fully saturated rings. The number of nitrogens with one attached hydrogen (secondary N) is 1. The molecule has 166 valence electrons. The zero-order valence-electron chi connectivity index (χ0n) is 15.7. The second-order valence-corrected chi connectivity index (χ2v) is 6.21. The first-order valence-corrected chi connectivity index (χ1v) is 8.39. The SMILES string of the molecule is C[C@]1(c2nc(NC(=O)Oc3ncc(OCF)nc3N)ccc2F)N=C(N)OCC1(F)F. The Morgan fingerprint density at radius 1 is 1.32 bits per heavy atom. The number of amidine groups is 1. The van der Waals surface area contributed by atoms with Crippen LogP contribution < -0.4 is 26.3 Å². The van der Waals surface area contributed by atoms with E-state index in [2.05, 4.69) is 34.7 Å². The Labute approximate surface area is 171 Å². The molecular formula is C16H15F4N7O4. The number of hydrogen-bond acceptors (Lipinski definition) is 10. The third-order valence-corrected chi connectivity index (χ3v) is 4.12. The van der Waals surface area contributed by atoms with Crippen LogP contribution in [-0.2, 0) is 10.3 Å². The second-order valence-electron chi connectivity index (χ2n) is 6.21. The van der Waals surface area contributed by atoms with Crippen LogP contribution in [0.25, 0.3) is 0 Å². The molecule has 0 saturated heterocycles. The van der Waals surface area contributed by atoms with Crippen LogP contribution in [-0.4, -0.2) is 46.5 Å². The van der Waals surface area contributed by atoms with Crippen LogP contribution in [0.15, 0.2) is 23.3 Å². The first-order valence-electron chi connectivity index (χ1n) is 8.39. The summed E-state index contributed by atoms with van der Waals surface area (Å²) < 4.78 is 69.2. The normalized spacial score (nSPS) is 19.7. The number of carbonyl (C=O) groups excluding carboxylic acids is 1. The van der Waals surface area contributed by atoms with Gasteiger partial charge in [0.25, 0.3) is 11.9 Å². The molecule has 2 aromatic rings. The third kappa shape index (κ3) is 4.34. The lowest BCUT2D eigenvalue weighted by Crippen LogP contribution is -2.51. The summed E-state index contributed by atoms with van der Waals surface area (Å²) >= 11 is 0. The number of aliphatic imine (C=N–C) groups is 1. The molecule has 0 unspecified atom stereocenters. The Bertz CT molecular complexity index is 1040. The fourth-order valence-electron chi connectivity index (χ4n) is 2.52. The van der Waals surface area contributed by atoms with Crippen LogP contribution in [0.5, 0.6) is 11.8 Å². The molecule has 1 atom stereocenters. The fourth-order valence-corrected chi connectivity index (χ4v) is 2.52. The van der Waals surface area contributed by atoms with Crippen molar-refractivity contribution >= 4 is 23.8 Å². The van der Waals surface area contributed by atoms with Crippen LogP contribution >= 0.6 is 0 Å². The van der Waals surface area contributed by atoms with Gasteiger partial charge < -0.3 is 25.7 Å². The van der Waals surface area contributed by atoms with Gasteiger partial charge in [-0.05, 0) is 19.1 Å². The molecule has 0 aromatic carbocycles. The van der Waals surface area contributed by atoms with Crippen molar-refractivity contribution in [3.8, 4) is 11.8 Å². The van der Waals surface area contributed by atoms with Crippen molar-refractivity contribution in [2.45, 2.75) is 18.4 Å². The lowest BCUT2D eigenvalue weighted by Gasteiger charge is -2.36. The second kappa shape index (κ2) is 8.08. The number of pyridine rings is 1. The lowest BCUT2D eigenvalue weighted by molar-refractivity contribution is -0.118. The summed E-state index contributed by atoms with van der Waals surface area (Å²) in [6, 6.07) is 1.24. The van der Waals surface area contributed by atoms with Gasteiger partial charge in [0, 0.05) is 0 Å². The molecule has 1 amide bonds. The van der Waals surface area contributed by atoms with E-state index in [-0.39, 0.29) is 11.7 Å². The van der Waals surface area contributed by atoms with Crippen LogP contribution in [0.4, 0.5) is 34.0 Å². The van der Waals surface area contributed by atoms with Gasteiger partial charge in [-0.15, -0.1) is 0 Å². The monoisotopic (exact) mass is 445 g/mol. The molecule has 0 spiro atoms. The summed E-state index contributed by atoms with van der Waals surface area (Å²) in [5, 5.41) is 2.11. The largest absolute Gasteiger partial charge is 0.459 e. The smallest absolute Gasteiger partial charge is 0.419 e. The van der Waals surface area contributed by atoms with Gasteiger partial charge in [0.15, 0.2) is 18.0 Å². The number of aromatic nitrogens is 3. The highest BCUT2D eigenvalue weighted by Gasteiger charge is 2.57. The molecule has 11 nitrogen and oxygen atoms in total. The first-order chi connectivity index (χ1) is 14.6. The molecule has 0 bridgehead atoms. The summed E-state index contributed by atoms with van der Waals surface area (Å²) in [6.07, 6.45) is -0.249. The van der Waals surface area contributed by atoms with Crippen molar-refractivity contribution in [3.63, 3.8) is 0 Å². The summed E-state index contributed by atoms with van der Waals surface area (Å²) in [4.78, 5) is 26.6. The van der Waals surface area contributed by atoms with E-state index in [1.165, 1.54) is 0 Å². The van der Waals surface area contributed by atoms with E-state index >= 15 is 0 Å². The molecule has 3 rings (SSSR count). The van der Waals surface area contributed by atoms with Gasteiger partial charge in [0.1, 0.15) is 17.3 Å². The highest BCUT2D eigenvalue weighted by Crippen LogP contribution is 2.43. The Hall–Kier alpha value is -3.91. The topological polar surface area (TPSA) is 160 Å². The Balaban J connectivity index is 1.82. The lowest BCUT2D eigenvalue weighted by atomic mass is 9.89. The van der Waals surface area contributed by atoms with Crippen molar-refractivity contribution < 1.29 is 36.6 Å². The molecule has 15 heteroatoms. The van der Waals surface area contributed by atoms with Gasteiger partial charge in [0.2, 0.25) is 12.7 Å². The zero-order valence-corrected chi connectivity index (χ0v) is 15.7. The maximum Gasteiger partial charge on any atom is 0.419 e. The maximum atomic E-state index is 14.4. The highest BCUT2D eigenvalue weighted by atomic mass is 19.3. The van der Waals surface area contributed by atoms with Gasteiger partial charge in [-0.1, -0.05) is 0 Å². The quantitative estimate of drug-likeness (QED) is 0.582. The van der Waals surface area contributed by atoms with E-state index in [4.69, 9.17) is 16.2 Å². The molecule has 0 saturated carbocycles. The third-order valence-electron chi connectivity index (χ3n) is 4.12. The number of rotatable bonds is 5. The summed E-state index contributed by atoms with van der Waals surface area (Å²) in [5.41, 5.74) is 7.61. The minimum Gasteiger partial charge on any atom is -0.459 e. The predicted molar refractivity (Wildman–Crippen MR) is 96.8 cm³/mol. The number of alkyl halides is 3. The van der Waals surface area contributed by atoms with Gasteiger partial charge in [-0.25, -0.2) is 28.5 Å². The minimum atomic E-state index is -3.66. The van der Waals surface area contributed by atoms with Crippen LogP contribution in [0.1, 0.15) is 12.6 Å². The molecule has 3 heterocycles. The number of anilines is 2. The molecule has 31 heavy (non-hydrogen) atoms. The maximum absolute atomic E-state index is 14.4. The molecule has 1 aliphatic heterocycles. The number of nitrogens with two attached hydrogens (primary N) is 2. The number of ether oxygens (including phenoxy) is 3. The molecule has 0 aliphatic carbocycles. The molecule has 2 aromatic heterocycles. The average Bonchev–Trinajstić information content (AvgIpc) is 2.69. The number of carbonyl (C=O) groups is 1. The Morgan fingerprint density at radius 3 is 2.74 bits per heavy atom. The minimum absolute atomic E-state index is 0.247. The first kappa shape index (κ1) is 21.8. The van der Waals surface area contributed by atoms with Crippen LogP contribution in [0.3, 0.4) is 0 Å². The van der Waals surface area contributed by atoms with Crippen molar-refractivity contribution in [3.05, 3.63) is 29.8 Å². The Kier molecular flexibility index (Phi) is 5.68. The van der Waals surface area contributed by atoms with E-state index in [1.54, 1.807) is 0 Å². The number of halogens is 4. The van der Waals surface area contributed by atoms with Crippen molar-refractivity contribution in [2.75, 3.05) is 24.5 Å². The van der Waals surface area contributed by atoms with Gasteiger partial charge in [0.05, 0.1) is 6.20 Å². The van der Waals surface area contributed by atoms with Crippen LogP contribution in [0.2, 0.25) is 0 Å². The summed E-state index contributed by atoms with van der Waals surface area (Å²) in [7, 11) is 0. The molecule has 1 aliphatic rings. The average molecular weight is 445 g/mol. The van der Waals surface area contributed by atoms with Crippen molar-refractivity contribution in [2.24, 2.45) is 10.7 Å². The van der Waals surface area contributed by atoms with Crippen molar-refractivity contribution in [1.29, 1.82) is 0 Å². The number of amides is 1.